The lowest BCUT2D eigenvalue weighted by molar-refractivity contribution is 0.422. The van der Waals surface area contributed by atoms with Gasteiger partial charge in [0.2, 0.25) is 10.0 Å². The average Bonchev–Trinajstić information content (AvgIpc) is 3.09. The van der Waals surface area contributed by atoms with Gasteiger partial charge in [0.05, 0.1) is 22.0 Å². The standard InChI is InChI=1S/C17H16N2O5S2/c1-25(20,21)15-7-9-16(10-8-15)26(22,23)18-12-14-11-17(24-19-14)13-5-3-2-4-6-13/h2-11,18H,12H2,1H3. The molecule has 9 heteroatoms. The number of nitrogens with zero attached hydrogens (tertiary/aromatic N) is 1. The van der Waals surface area contributed by atoms with Crippen LogP contribution >= 0.6 is 0 Å². The normalized spacial score (nSPS) is 12.2. The van der Waals surface area contributed by atoms with Crippen LogP contribution in [-0.4, -0.2) is 28.2 Å². The summed E-state index contributed by atoms with van der Waals surface area (Å²) in [6, 6.07) is 16.0. The van der Waals surface area contributed by atoms with Crippen molar-refractivity contribution in [1.82, 2.24) is 9.88 Å². The molecule has 7 nitrogen and oxygen atoms in total. The van der Waals surface area contributed by atoms with E-state index >= 15 is 0 Å². The van der Waals surface area contributed by atoms with Gasteiger partial charge in [0.1, 0.15) is 0 Å². The van der Waals surface area contributed by atoms with Crippen molar-refractivity contribution in [3.8, 4) is 11.3 Å². The molecule has 3 rings (SSSR count). The molecule has 2 aromatic carbocycles. The molecule has 0 radical (unpaired) electrons. The van der Waals surface area contributed by atoms with E-state index in [2.05, 4.69) is 9.88 Å². The molecule has 0 aliphatic carbocycles. The summed E-state index contributed by atoms with van der Waals surface area (Å²) < 4.78 is 55.2. The Hall–Kier alpha value is -2.49. The van der Waals surface area contributed by atoms with Gasteiger partial charge in [0, 0.05) is 17.9 Å². The third-order valence-electron chi connectivity index (χ3n) is 3.62. The average molecular weight is 392 g/mol. The zero-order valence-corrected chi connectivity index (χ0v) is 15.4. The maximum atomic E-state index is 12.3. The van der Waals surface area contributed by atoms with Gasteiger partial charge in [-0.25, -0.2) is 21.6 Å². The van der Waals surface area contributed by atoms with E-state index in [1.807, 2.05) is 30.3 Å². The van der Waals surface area contributed by atoms with Crippen molar-refractivity contribution in [2.45, 2.75) is 16.3 Å². The van der Waals surface area contributed by atoms with Gasteiger partial charge >= 0.3 is 0 Å². The Labute approximate surface area is 151 Å². The van der Waals surface area contributed by atoms with Gasteiger partial charge in [-0.3, -0.25) is 0 Å². The maximum Gasteiger partial charge on any atom is 0.240 e. The summed E-state index contributed by atoms with van der Waals surface area (Å²) in [7, 11) is -7.18. The predicted molar refractivity (Wildman–Crippen MR) is 95.5 cm³/mol. The molecule has 0 saturated heterocycles. The second-order valence-corrected chi connectivity index (χ2v) is 9.40. The lowest BCUT2D eigenvalue weighted by Crippen LogP contribution is -2.23. The van der Waals surface area contributed by atoms with Crippen molar-refractivity contribution in [3.63, 3.8) is 0 Å². The van der Waals surface area contributed by atoms with Crippen LogP contribution in [0.15, 0.2) is 75.0 Å². The second-order valence-electron chi connectivity index (χ2n) is 5.62. The summed E-state index contributed by atoms with van der Waals surface area (Å²) in [6.07, 6.45) is 1.06. The Kier molecular flexibility index (Phi) is 4.94. The fourth-order valence-corrected chi connectivity index (χ4v) is 3.88. The van der Waals surface area contributed by atoms with E-state index in [-0.39, 0.29) is 16.3 Å². The van der Waals surface area contributed by atoms with E-state index in [4.69, 9.17) is 4.52 Å². The van der Waals surface area contributed by atoms with Gasteiger partial charge in [-0.2, -0.15) is 0 Å². The molecule has 0 aliphatic rings. The molecule has 1 aromatic heterocycles. The smallest absolute Gasteiger partial charge is 0.240 e. The molecule has 0 amide bonds. The molecule has 1 N–H and O–H groups in total. The highest BCUT2D eigenvalue weighted by Gasteiger charge is 2.16. The third-order valence-corrected chi connectivity index (χ3v) is 6.17. The molecule has 0 aliphatic heterocycles. The van der Waals surface area contributed by atoms with Crippen molar-refractivity contribution in [2.24, 2.45) is 0 Å². The van der Waals surface area contributed by atoms with Crippen molar-refractivity contribution >= 4 is 19.9 Å². The monoisotopic (exact) mass is 392 g/mol. The molecule has 1 heterocycles. The van der Waals surface area contributed by atoms with Crippen LogP contribution in [0, 0.1) is 0 Å². The largest absolute Gasteiger partial charge is 0.356 e. The highest BCUT2D eigenvalue weighted by Crippen LogP contribution is 2.20. The molecule has 3 aromatic rings. The van der Waals surface area contributed by atoms with Crippen LogP contribution < -0.4 is 4.72 Å². The predicted octanol–water partition coefficient (Wildman–Crippen LogP) is 2.22. The maximum absolute atomic E-state index is 12.3. The van der Waals surface area contributed by atoms with E-state index < -0.39 is 19.9 Å². The molecule has 0 unspecified atom stereocenters. The van der Waals surface area contributed by atoms with Crippen LogP contribution in [0.5, 0.6) is 0 Å². The minimum absolute atomic E-state index is 0.0309. The van der Waals surface area contributed by atoms with Crippen molar-refractivity contribution in [2.75, 3.05) is 6.26 Å². The highest BCUT2D eigenvalue weighted by atomic mass is 32.2. The number of nitrogens with one attached hydrogen (secondary N) is 1. The molecule has 0 saturated carbocycles. The summed E-state index contributed by atoms with van der Waals surface area (Å²) in [5.74, 6) is 0.539. The molecular formula is C17H16N2O5S2. The Morgan fingerprint density at radius 1 is 0.923 bits per heavy atom. The van der Waals surface area contributed by atoms with E-state index in [1.54, 1.807) is 6.07 Å². The number of hydrogen-bond donors (Lipinski definition) is 1. The number of benzene rings is 2. The summed E-state index contributed by atoms with van der Waals surface area (Å²) in [5, 5.41) is 3.85. The van der Waals surface area contributed by atoms with E-state index in [0.29, 0.717) is 11.5 Å². The first-order chi connectivity index (χ1) is 12.3. The van der Waals surface area contributed by atoms with Crippen molar-refractivity contribution in [3.05, 3.63) is 66.4 Å². The lowest BCUT2D eigenvalue weighted by atomic mass is 10.2. The fraction of sp³-hybridized carbons (Fsp3) is 0.118. The summed E-state index contributed by atoms with van der Waals surface area (Å²) in [4.78, 5) is 0.0251. The van der Waals surface area contributed by atoms with E-state index in [1.165, 1.54) is 24.3 Å². The van der Waals surface area contributed by atoms with Gasteiger partial charge in [-0.05, 0) is 24.3 Å². The quantitative estimate of drug-likeness (QED) is 0.689. The Morgan fingerprint density at radius 3 is 2.15 bits per heavy atom. The summed E-state index contributed by atoms with van der Waals surface area (Å²) in [6.45, 7) is -0.0491. The minimum Gasteiger partial charge on any atom is -0.356 e. The fourth-order valence-electron chi connectivity index (χ4n) is 2.25. The third kappa shape index (κ3) is 4.18. The Bertz CT molecular complexity index is 1100. The topological polar surface area (TPSA) is 106 Å². The van der Waals surface area contributed by atoms with Gasteiger partial charge in [-0.15, -0.1) is 0 Å². The minimum atomic E-state index is -3.80. The number of hydrogen-bond acceptors (Lipinski definition) is 6. The molecule has 0 spiro atoms. The summed E-state index contributed by atoms with van der Waals surface area (Å²) in [5.41, 5.74) is 1.27. The molecule has 0 fully saturated rings. The van der Waals surface area contributed by atoms with Gasteiger partial charge in [0.15, 0.2) is 15.6 Å². The molecule has 136 valence electrons. The van der Waals surface area contributed by atoms with Gasteiger partial charge < -0.3 is 4.52 Å². The Morgan fingerprint density at radius 2 is 1.54 bits per heavy atom. The molecule has 26 heavy (non-hydrogen) atoms. The van der Waals surface area contributed by atoms with Gasteiger partial charge in [-0.1, -0.05) is 35.5 Å². The van der Waals surface area contributed by atoms with Crippen LogP contribution in [0.4, 0.5) is 0 Å². The van der Waals surface area contributed by atoms with Crippen molar-refractivity contribution < 1.29 is 21.4 Å². The zero-order chi connectivity index (χ0) is 18.8. The van der Waals surface area contributed by atoms with Crippen LogP contribution in [0.3, 0.4) is 0 Å². The molecule has 0 atom stereocenters. The molecular weight excluding hydrogens is 376 g/mol. The summed E-state index contributed by atoms with van der Waals surface area (Å²) >= 11 is 0. The van der Waals surface area contributed by atoms with Crippen LogP contribution in [0.2, 0.25) is 0 Å². The molecule has 0 bridgehead atoms. The number of sulfone groups is 1. The highest BCUT2D eigenvalue weighted by molar-refractivity contribution is 7.90. The number of sulfonamides is 1. The first kappa shape index (κ1) is 18.3. The van der Waals surface area contributed by atoms with E-state index in [9.17, 15) is 16.8 Å². The number of rotatable bonds is 6. The van der Waals surface area contributed by atoms with E-state index in [0.717, 1.165) is 11.8 Å². The van der Waals surface area contributed by atoms with Crippen LogP contribution in [-0.2, 0) is 26.4 Å². The first-order valence-corrected chi connectivity index (χ1v) is 10.9. The number of aromatic nitrogens is 1. The lowest BCUT2D eigenvalue weighted by Gasteiger charge is -2.06. The zero-order valence-electron chi connectivity index (χ0n) is 13.8. The van der Waals surface area contributed by atoms with Gasteiger partial charge in [0.25, 0.3) is 0 Å². The Balaban J connectivity index is 1.72. The van der Waals surface area contributed by atoms with Crippen LogP contribution in [0.1, 0.15) is 5.69 Å². The SMILES string of the molecule is CS(=O)(=O)c1ccc(S(=O)(=O)NCc2cc(-c3ccccc3)on2)cc1. The van der Waals surface area contributed by atoms with Crippen LogP contribution in [0.25, 0.3) is 11.3 Å². The van der Waals surface area contributed by atoms with Crippen molar-refractivity contribution in [1.29, 1.82) is 0 Å². The first-order valence-electron chi connectivity index (χ1n) is 7.56. The second kappa shape index (κ2) is 7.02.